The third-order valence-corrected chi connectivity index (χ3v) is 5.31. The number of phenolic OH excluding ortho intramolecular Hbond substituents is 1. The van der Waals surface area contributed by atoms with Gasteiger partial charge in [-0.25, -0.2) is 0 Å². The second-order valence-corrected chi connectivity index (χ2v) is 7.20. The van der Waals surface area contributed by atoms with Crippen LogP contribution in [0.2, 0.25) is 5.02 Å². The smallest absolute Gasteiger partial charge is 0.155 e. The second-order valence-electron chi connectivity index (χ2n) is 5.71. The summed E-state index contributed by atoms with van der Waals surface area (Å²) in [7, 11) is 0. The van der Waals surface area contributed by atoms with Gasteiger partial charge < -0.3 is 10.0 Å². The number of carbonyl (C=O) groups is 1. The zero-order valence-corrected chi connectivity index (χ0v) is 17.3. The summed E-state index contributed by atoms with van der Waals surface area (Å²) in [5.41, 5.74) is 3.63. The van der Waals surface area contributed by atoms with Gasteiger partial charge in [0.15, 0.2) is 5.78 Å². The van der Waals surface area contributed by atoms with Crippen LogP contribution in [-0.2, 0) is 4.79 Å². The number of nitrogens with zero attached hydrogens (tertiary/aromatic N) is 1. The molecule has 0 bridgehead atoms. The molecule has 0 saturated carbocycles. The Morgan fingerprint density at radius 3 is 2.58 bits per heavy atom. The van der Waals surface area contributed by atoms with Gasteiger partial charge in [-0.3, -0.25) is 4.79 Å². The molecule has 3 nitrogen and oxygen atoms in total. The average Bonchev–Trinajstić information content (AvgIpc) is 2.95. The maximum Gasteiger partial charge on any atom is 0.155 e. The van der Waals surface area contributed by atoms with Crippen LogP contribution in [0, 0.1) is 6.92 Å². The van der Waals surface area contributed by atoms with E-state index in [9.17, 15) is 9.90 Å². The molecule has 1 aliphatic rings. The number of allylic oxidation sites excluding steroid dienone is 1. The normalized spacial score (nSPS) is 14.1. The van der Waals surface area contributed by atoms with Gasteiger partial charge in [0.05, 0.1) is 10.7 Å². The van der Waals surface area contributed by atoms with Gasteiger partial charge in [0, 0.05) is 28.1 Å². The quantitative estimate of drug-likeness (QED) is 0.615. The van der Waals surface area contributed by atoms with Crippen LogP contribution in [0.1, 0.15) is 33.3 Å². The first-order chi connectivity index (χ1) is 12.4. The summed E-state index contributed by atoms with van der Waals surface area (Å²) in [6.07, 6.45) is 1.64. The van der Waals surface area contributed by atoms with Crippen LogP contribution in [0.15, 0.2) is 46.3 Å². The lowest BCUT2D eigenvalue weighted by Crippen LogP contribution is -2.18. The average molecular weight is 390 g/mol. The van der Waals surface area contributed by atoms with Crippen LogP contribution in [-0.4, -0.2) is 17.4 Å². The first kappa shape index (κ1) is 20.4. The number of aryl methyl sites for hydroxylation is 1. The maximum atomic E-state index is 11.5. The molecule has 2 aromatic rings. The van der Waals surface area contributed by atoms with Crippen molar-refractivity contribution >= 4 is 34.8 Å². The van der Waals surface area contributed by atoms with Crippen molar-refractivity contribution in [3.05, 3.63) is 52.0 Å². The molecule has 5 heteroatoms. The molecule has 1 aliphatic heterocycles. The van der Waals surface area contributed by atoms with Crippen molar-refractivity contribution in [2.45, 2.75) is 39.5 Å². The Morgan fingerprint density at radius 2 is 1.96 bits per heavy atom. The molecule has 3 rings (SSSR count). The Hall–Kier alpha value is -1.91. The Kier molecular flexibility index (Phi) is 6.79. The van der Waals surface area contributed by atoms with Gasteiger partial charge in [0.25, 0.3) is 0 Å². The third kappa shape index (κ3) is 3.92. The number of aromatic hydroxyl groups is 1. The predicted octanol–water partition coefficient (Wildman–Crippen LogP) is 6.41. The minimum absolute atomic E-state index is 0.00784. The molecule has 0 aliphatic carbocycles. The third-order valence-electron chi connectivity index (χ3n) is 3.98. The van der Waals surface area contributed by atoms with E-state index in [0.717, 1.165) is 32.3 Å². The summed E-state index contributed by atoms with van der Waals surface area (Å²) < 4.78 is 0. The predicted molar refractivity (Wildman–Crippen MR) is 112 cm³/mol. The fourth-order valence-corrected chi connectivity index (χ4v) is 4.31. The Balaban J connectivity index is 0.00000117. The number of anilines is 1. The molecule has 0 spiro atoms. The lowest BCUT2D eigenvalue weighted by Gasteiger charge is -2.22. The monoisotopic (exact) mass is 389 g/mol. The molecule has 2 aromatic carbocycles. The molecule has 26 heavy (non-hydrogen) atoms. The molecule has 0 saturated heterocycles. The van der Waals surface area contributed by atoms with Crippen LogP contribution >= 0.6 is 23.4 Å². The summed E-state index contributed by atoms with van der Waals surface area (Å²) >= 11 is 7.73. The summed E-state index contributed by atoms with van der Waals surface area (Å²) in [5.74, 6) is 0.218. The van der Waals surface area contributed by atoms with E-state index in [0.29, 0.717) is 11.6 Å². The van der Waals surface area contributed by atoms with E-state index in [2.05, 4.69) is 4.90 Å². The summed E-state index contributed by atoms with van der Waals surface area (Å²) in [6, 6.07) is 9.25. The van der Waals surface area contributed by atoms with Gasteiger partial charge >= 0.3 is 0 Å². The zero-order chi connectivity index (χ0) is 19.4. The van der Waals surface area contributed by atoms with E-state index in [4.69, 9.17) is 11.6 Å². The van der Waals surface area contributed by atoms with Crippen molar-refractivity contribution in [1.29, 1.82) is 0 Å². The number of carbonyl (C=O) groups excluding carboxylic acids is 1. The van der Waals surface area contributed by atoms with Crippen molar-refractivity contribution < 1.29 is 9.90 Å². The van der Waals surface area contributed by atoms with Crippen molar-refractivity contribution in [2.24, 2.45) is 0 Å². The molecular weight excluding hydrogens is 366 g/mol. The lowest BCUT2D eigenvalue weighted by atomic mass is 9.97. The van der Waals surface area contributed by atoms with Crippen LogP contribution in [0.4, 0.5) is 5.69 Å². The zero-order valence-electron chi connectivity index (χ0n) is 15.8. The van der Waals surface area contributed by atoms with E-state index in [-0.39, 0.29) is 11.5 Å². The molecular formula is C21H24ClNO2S. The van der Waals surface area contributed by atoms with E-state index >= 15 is 0 Å². The van der Waals surface area contributed by atoms with Crippen molar-refractivity contribution in [2.75, 3.05) is 11.4 Å². The van der Waals surface area contributed by atoms with Crippen LogP contribution < -0.4 is 4.90 Å². The highest BCUT2D eigenvalue weighted by Gasteiger charge is 2.30. The summed E-state index contributed by atoms with van der Waals surface area (Å²) in [6.45, 7) is 10.3. The van der Waals surface area contributed by atoms with Gasteiger partial charge in [-0.05, 0) is 56.2 Å². The van der Waals surface area contributed by atoms with Crippen molar-refractivity contribution in [1.82, 2.24) is 0 Å². The van der Waals surface area contributed by atoms with Gasteiger partial charge in [0.1, 0.15) is 5.75 Å². The SMILES string of the molecule is CC.CCN1/C(=C/C(C)=O)Sc2ccc(O)c(-c3cc(Cl)ccc3C)c21. The number of fused-ring (bicyclic) bond motifs is 1. The van der Waals surface area contributed by atoms with Crippen LogP contribution in [0.3, 0.4) is 0 Å². The van der Waals surface area contributed by atoms with E-state index in [1.54, 1.807) is 30.8 Å². The van der Waals surface area contributed by atoms with E-state index in [1.807, 2.05) is 52.0 Å². The number of thioether (sulfide) groups is 1. The fourth-order valence-electron chi connectivity index (χ4n) is 2.91. The largest absolute Gasteiger partial charge is 0.507 e. The number of ketones is 1. The Labute approximate surface area is 164 Å². The molecule has 0 amide bonds. The van der Waals surface area contributed by atoms with Gasteiger partial charge in [-0.2, -0.15) is 0 Å². The Morgan fingerprint density at radius 1 is 1.27 bits per heavy atom. The lowest BCUT2D eigenvalue weighted by molar-refractivity contribution is -0.112. The van der Waals surface area contributed by atoms with Crippen LogP contribution in [0.5, 0.6) is 5.75 Å². The molecule has 0 unspecified atom stereocenters. The molecule has 138 valence electrons. The van der Waals surface area contributed by atoms with Gasteiger partial charge in [-0.15, -0.1) is 0 Å². The van der Waals surface area contributed by atoms with Gasteiger partial charge in [0.2, 0.25) is 0 Å². The second kappa shape index (κ2) is 8.65. The van der Waals surface area contributed by atoms with Crippen molar-refractivity contribution in [3.63, 3.8) is 0 Å². The Bertz CT molecular complexity index is 861. The standard InChI is InChI=1S/C19H18ClNO2S.C2H6/c1-4-21-17(9-12(3)22)24-16-8-7-15(23)18(19(16)21)14-10-13(20)6-5-11(14)2;1-2/h5-10,23H,4H2,1-3H3;1-2H3/b17-9-;. The molecule has 1 heterocycles. The molecule has 0 aromatic heterocycles. The van der Waals surface area contributed by atoms with E-state index in [1.165, 1.54) is 0 Å². The highest BCUT2D eigenvalue weighted by atomic mass is 35.5. The fraction of sp³-hybridized carbons (Fsp3) is 0.286. The first-order valence-electron chi connectivity index (χ1n) is 8.72. The molecule has 0 radical (unpaired) electrons. The van der Waals surface area contributed by atoms with E-state index < -0.39 is 0 Å². The number of benzene rings is 2. The number of hydrogen-bond donors (Lipinski definition) is 1. The number of rotatable bonds is 3. The number of hydrogen-bond acceptors (Lipinski definition) is 4. The molecule has 0 atom stereocenters. The minimum Gasteiger partial charge on any atom is -0.507 e. The highest BCUT2D eigenvalue weighted by Crippen LogP contribution is 2.53. The summed E-state index contributed by atoms with van der Waals surface area (Å²) in [5, 5.41) is 12.1. The molecule has 1 N–H and O–H groups in total. The minimum atomic E-state index is 0.00784. The summed E-state index contributed by atoms with van der Waals surface area (Å²) in [4.78, 5) is 14.6. The molecule has 0 fully saturated rings. The number of phenols is 1. The maximum absolute atomic E-state index is 11.5. The van der Waals surface area contributed by atoms with Gasteiger partial charge in [-0.1, -0.05) is 43.3 Å². The topological polar surface area (TPSA) is 40.5 Å². The van der Waals surface area contributed by atoms with Crippen molar-refractivity contribution in [3.8, 4) is 16.9 Å². The number of halogens is 1. The van der Waals surface area contributed by atoms with Crippen LogP contribution in [0.25, 0.3) is 11.1 Å². The highest BCUT2D eigenvalue weighted by molar-refractivity contribution is 8.03. The first-order valence-corrected chi connectivity index (χ1v) is 9.92.